The minimum atomic E-state index is -0.569. The zero-order valence-corrected chi connectivity index (χ0v) is 16.7. The summed E-state index contributed by atoms with van der Waals surface area (Å²) in [6.07, 6.45) is 2.57. The first-order chi connectivity index (χ1) is 13.3. The summed E-state index contributed by atoms with van der Waals surface area (Å²) in [6.45, 7) is 7.92. The summed E-state index contributed by atoms with van der Waals surface area (Å²) in [4.78, 5) is 10.4. The molecule has 0 aliphatic carbocycles. The highest BCUT2D eigenvalue weighted by Gasteiger charge is 2.25. The van der Waals surface area contributed by atoms with E-state index in [9.17, 15) is 8.78 Å². The molecule has 152 valence electrons. The molecule has 1 aromatic heterocycles. The van der Waals surface area contributed by atoms with E-state index in [4.69, 9.17) is 4.42 Å². The number of anilines is 1. The van der Waals surface area contributed by atoms with E-state index in [0.717, 1.165) is 18.2 Å². The van der Waals surface area contributed by atoms with Crippen LogP contribution in [0.15, 0.2) is 33.8 Å². The Morgan fingerprint density at radius 2 is 2.14 bits per heavy atom. The summed E-state index contributed by atoms with van der Waals surface area (Å²) in [5.74, 6) is 0.943. The fourth-order valence-corrected chi connectivity index (χ4v) is 3.12. The third-order valence-electron chi connectivity index (χ3n) is 4.70. The molecule has 0 spiro atoms. The lowest BCUT2D eigenvalue weighted by molar-refractivity contribution is 0.379. The van der Waals surface area contributed by atoms with Gasteiger partial charge in [0.05, 0.1) is 18.4 Å². The van der Waals surface area contributed by atoms with Crippen molar-refractivity contribution in [2.75, 3.05) is 25.0 Å². The number of benzene rings is 1. The molecule has 1 unspecified atom stereocenters. The standard InChI is InChI=1S/C20H27F2N5O/c1-20(2,3)17-10-24-18(28-17)11-25-19(23-4)26-14-7-8-27(12-14)16-6-5-13(21)9-15(16)22/h5-6,9-10,14H,7-8,11-12H2,1-4H3,(H2,23,25,26). The zero-order chi connectivity index (χ0) is 20.3. The van der Waals surface area contributed by atoms with Crippen molar-refractivity contribution in [3.63, 3.8) is 0 Å². The maximum atomic E-state index is 14.0. The molecule has 1 fully saturated rings. The number of nitrogens with zero attached hydrogens (tertiary/aromatic N) is 3. The predicted molar refractivity (Wildman–Crippen MR) is 106 cm³/mol. The van der Waals surface area contributed by atoms with Crippen LogP contribution in [0.1, 0.15) is 38.8 Å². The second-order valence-corrected chi connectivity index (χ2v) is 7.97. The van der Waals surface area contributed by atoms with E-state index >= 15 is 0 Å². The van der Waals surface area contributed by atoms with Crippen LogP contribution < -0.4 is 15.5 Å². The van der Waals surface area contributed by atoms with Crippen LogP contribution in [0.2, 0.25) is 0 Å². The number of guanidine groups is 1. The summed E-state index contributed by atoms with van der Waals surface area (Å²) in [6, 6.07) is 3.78. The largest absolute Gasteiger partial charge is 0.443 e. The van der Waals surface area contributed by atoms with Crippen molar-refractivity contribution >= 4 is 11.6 Å². The van der Waals surface area contributed by atoms with E-state index in [2.05, 4.69) is 41.4 Å². The van der Waals surface area contributed by atoms with Gasteiger partial charge in [0.1, 0.15) is 17.4 Å². The minimum absolute atomic E-state index is 0.0892. The number of rotatable bonds is 4. The molecule has 0 radical (unpaired) electrons. The molecular formula is C20H27F2N5O. The van der Waals surface area contributed by atoms with Crippen LogP contribution in [0.25, 0.3) is 0 Å². The Morgan fingerprint density at radius 3 is 2.79 bits per heavy atom. The summed E-state index contributed by atoms with van der Waals surface area (Å²) in [7, 11) is 1.69. The van der Waals surface area contributed by atoms with Gasteiger partial charge in [-0.05, 0) is 18.6 Å². The summed E-state index contributed by atoms with van der Waals surface area (Å²) in [5, 5.41) is 6.53. The Morgan fingerprint density at radius 1 is 1.36 bits per heavy atom. The molecule has 1 atom stereocenters. The van der Waals surface area contributed by atoms with Crippen molar-refractivity contribution in [3.05, 3.63) is 47.7 Å². The van der Waals surface area contributed by atoms with Gasteiger partial charge in [-0.1, -0.05) is 20.8 Å². The highest BCUT2D eigenvalue weighted by Crippen LogP contribution is 2.24. The van der Waals surface area contributed by atoms with Crippen LogP contribution in [0.3, 0.4) is 0 Å². The smallest absolute Gasteiger partial charge is 0.213 e. The van der Waals surface area contributed by atoms with Crippen molar-refractivity contribution in [1.29, 1.82) is 0 Å². The molecule has 2 N–H and O–H groups in total. The van der Waals surface area contributed by atoms with Crippen molar-refractivity contribution in [2.45, 2.75) is 45.2 Å². The number of hydrogen-bond acceptors (Lipinski definition) is 4. The molecule has 2 aromatic rings. The zero-order valence-electron chi connectivity index (χ0n) is 16.7. The van der Waals surface area contributed by atoms with Crippen LogP contribution in [-0.4, -0.2) is 37.1 Å². The molecule has 1 aliphatic heterocycles. The van der Waals surface area contributed by atoms with Gasteiger partial charge in [-0.15, -0.1) is 0 Å². The molecule has 28 heavy (non-hydrogen) atoms. The number of halogens is 2. The molecule has 0 amide bonds. The SMILES string of the molecule is CN=C(NCc1ncc(C(C)(C)C)o1)NC1CCN(c2ccc(F)cc2F)C1. The van der Waals surface area contributed by atoms with Crippen LogP contribution in [-0.2, 0) is 12.0 Å². The molecule has 3 rings (SSSR count). The Labute approximate surface area is 164 Å². The predicted octanol–water partition coefficient (Wildman–Crippen LogP) is 3.19. The molecule has 8 heteroatoms. The summed E-state index contributed by atoms with van der Waals surface area (Å²) < 4.78 is 32.9. The normalized spacial score (nSPS) is 17.9. The van der Waals surface area contributed by atoms with Gasteiger partial charge in [-0.3, -0.25) is 4.99 Å². The number of nitrogens with one attached hydrogen (secondary N) is 2. The monoisotopic (exact) mass is 391 g/mol. The third-order valence-corrected chi connectivity index (χ3v) is 4.70. The number of oxazole rings is 1. The highest BCUT2D eigenvalue weighted by atomic mass is 19.1. The van der Waals surface area contributed by atoms with Crippen LogP contribution in [0.5, 0.6) is 0 Å². The topological polar surface area (TPSA) is 65.7 Å². The minimum Gasteiger partial charge on any atom is -0.443 e. The van der Waals surface area contributed by atoms with E-state index in [1.54, 1.807) is 13.2 Å². The lowest BCUT2D eigenvalue weighted by atomic mass is 9.94. The molecule has 1 aliphatic rings. The molecule has 0 bridgehead atoms. The van der Waals surface area contributed by atoms with Gasteiger partial charge in [0.15, 0.2) is 5.96 Å². The van der Waals surface area contributed by atoms with E-state index < -0.39 is 11.6 Å². The van der Waals surface area contributed by atoms with Gasteiger partial charge < -0.3 is 20.0 Å². The van der Waals surface area contributed by atoms with Crippen molar-refractivity contribution < 1.29 is 13.2 Å². The molecule has 6 nitrogen and oxygen atoms in total. The molecule has 1 saturated heterocycles. The van der Waals surface area contributed by atoms with Crippen LogP contribution in [0, 0.1) is 11.6 Å². The number of aromatic nitrogens is 1. The average Bonchev–Trinajstić information content (AvgIpc) is 3.27. The van der Waals surface area contributed by atoms with Gasteiger partial charge in [0, 0.05) is 37.7 Å². The molecule has 0 saturated carbocycles. The van der Waals surface area contributed by atoms with E-state index in [-0.39, 0.29) is 11.5 Å². The Bertz CT molecular complexity index is 843. The van der Waals surface area contributed by atoms with Gasteiger partial charge in [-0.25, -0.2) is 13.8 Å². The van der Waals surface area contributed by atoms with Crippen LogP contribution in [0.4, 0.5) is 14.5 Å². The lowest BCUT2D eigenvalue weighted by Crippen LogP contribution is -2.44. The maximum Gasteiger partial charge on any atom is 0.213 e. The first-order valence-electron chi connectivity index (χ1n) is 9.38. The fraction of sp³-hybridized carbons (Fsp3) is 0.500. The second-order valence-electron chi connectivity index (χ2n) is 7.97. The van der Waals surface area contributed by atoms with Crippen LogP contribution >= 0.6 is 0 Å². The van der Waals surface area contributed by atoms with Crippen molar-refractivity contribution in [3.8, 4) is 0 Å². The van der Waals surface area contributed by atoms with E-state index in [0.29, 0.717) is 37.2 Å². The van der Waals surface area contributed by atoms with Gasteiger partial charge in [0.25, 0.3) is 0 Å². The second kappa shape index (κ2) is 8.16. The van der Waals surface area contributed by atoms with Gasteiger partial charge >= 0.3 is 0 Å². The maximum absolute atomic E-state index is 14.0. The first-order valence-corrected chi connectivity index (χ1v) is 9.38. The number of aliphatic imine (C=N–C) groups is 1. The van der Waals surface area contributed by atoms with Gasteiger partial charge in [-0.2, -0.15) is 0 Å². The third kappa shape index (κ3) is 4.79. The summed E-state index contributed by atoms with van der Waals surface area (Å²) >= 11 is 0. The van der Waals surface area contributed by atoms with Crippen molar-refractivity contribution in [2.24, 2.45) is 4.99 Å². The lowest BCUT2D eigenvalue weighted by Gasteiger charge is -2.20. The molecule has 2 heterocycles. The Hall–Kier alpha value is -2.64. The first kappa shape index (κ1) is 20.1. The number of hydrogen-bond donors (Lipinski definition) is 2. The van der Waals surface area contributed by atoms with E-state index in [1.165, 1.54) is 12.1 Å². The molecule has 1 aromatic carbocycles. The Balaban J connectivity index is 1.53. The van der Waals surface area contributed by atoms with E-state index in [1.807, 2.05) is 4.90 Å². The highest BCUT2D eigenvalue weighted by molar-refractivity contribution is 5.80. The van der Waals surface area contributed by atoms with Crippen molar-refractivity contribution in [1.82, 2.24) is 15.6 Å². The van der Waals surface area contributed by atoms with Gasteiger partial charge in [0.2, 0.25) is 5.89 Å². The Kier molecular flexibility index (Phi) is 5.86. The quantitative estimate of drug-likeness (QED) is 0.619. The fourth-order valence-electron chi connectivity index (χ4n) is 3.12. The molecular weight excluding hydrogens is 364 g/mol. The average molecular weight is 391 g/mol. The summed E-state index contributed by atoms with van der Waals surface area (Å²) in [5.41, 5.74) is 0.330.